The molecule has 5 nitrogen and oxygen atoms in total. The van der Waals surface area contributed by atoms with E-state index in [1.165, 1.54) is 11.1 Å². The lowest BCUT2D eigenvalue weighted by Crippen LogP contribution is -2.11. The Morgan fingerprint density at radius 2 is 1.78 bits per heavy atom. The van der Waals surface area contributed by atoms with Gasteiger partial charge in [0, 0.05) is 12.3 Å². The summed E-state index contributed by atoms with van der Waals surface area (Å²) >= 11 is 1.54. The smallest absolute Gasteiger partial charge is 0.191 e. The van der Waals surface area contributed by atoms with Gasteiger partial charge in [-0.25, -0.2) is 8.42 Å². The number of benzene rings is 2. The van der Waals surface area contributed by atoms with Crippen LogP contribution in [-0.4, -0.2) is 23.2 Å². The average molecular weight is 400 g/mol. The third-order valence-corrected chi connectivity index (χ3v) is 6.79. The molecular formula is C20H21N3O2S2. The molecule has 140 valence electrons. The first-order valence-corrected chi connectivity index (χ1v) is 11.1. The maximum Gasteiger partial charge on any atom is 0.191 e. The molecule has 0 saturated heterocycles. The molecular weight excluding hydrogens is 378 g/mol. The van der Waals surface area contributed by atoms with Crippen molar-refractivity contribution in [2.24, 2.45) is 0 Å². The van der Waals surface area contributed by atoms with Crippen molar-refractivity contribution in [1.82, 2.24) is 14.8 Å². The molecule has 3 aromatic rings. The van der Waals surface area contributed by atoms with Crippen LogP contribution in [0.5, 0.6) is 0 Å². The molecule has 0 N–H and O–H groups in total. The van der Waals surface area contributed by atoms with Gasteiger partial charge in [-0.3, -0.25) is 0 Å². The van der Waals surface area contributed by atoms with E-state index < -0.39 is 9.84 Å². The van der Waals surface area contributed by atoms with Crippen LogP contribution in [0.25, 0.3) is 0 Å². The number of sulfone groups is 1. The number of aryl methyl sites for hydroxylation is 1. The molecule has 1 aromatic heterocycles. The van der Waals surface area contributed by atoms with Crippen LogP contribution >= 0.6 is 11.8 Å². The van der Waals surface area contributed by atoms with Crippen molar-refractivity contribution < 1.29 is 8.42 Å². The van der Waals surface area contributed by atoms with Crippen molar-refractivity contribution in [3.8, 4) is 0 Å². The lowest BCUT2D eigenvalue weighted by atomic mass is 10.1. The lowest BCUT2D eigenvalue weighted by Gasteiger charge is -2.09. The van der Waals surface area contributed by atoms with Crippen LogP contribution in [-0.2, 0) is 27.9 Å². The van der Waals surface area contributed by atoms with Crippen molar-refractivity contribution in [2.45, 2.75) is 35.0 Å². The minimum atomic E-state index is -3.48. The fourth-order valence-corrected chi connectivity index (χ4v) is 4.98. The van der Waals surface area contributed by atoms with E-state index in [1.54, 1.807) is 48.2 Å². The summed E-state index contributed by atoms with van der Waals surface area (Å²) in [5.41, 5.74) is 2.43. The molecule has 0 saturated carbocycles. The number of aromatic nitrogens is 3. The Morgan fingerprint density at radius 1 is 1.07 bits per heavy atom. The molecule has 0 aliphatic carbocycles. The highest BCUT2D eigenvalue weighted by atomic mass is 32.2. The normalized spacial score (nSPS) is 11.4. The van der Waals surface area contributed by atoms with E-state index in [2.05, 4.69) is 35.8 Å². The summed E-state index contributed by atoms with van der Waals surface area (Å²) < 4.78 is 27.2. The Morgan fingerprint density at radius 3 is 2.48 bits per heavy atom. The Hall–Kier alpha value is -2.38. The average Bonchev–Trinajstić information content (AvgIpc) is 3.03. The Bertz CT molecular complexity index is 1030. The molecule has 0 radical (unpaired) electrons. The molecule has 27 heavy (non-hydrogen) atoms. The van der Waals surface area contributed by atoms with Crippen LogP contribution in [0.4, 0.5) is 0 Å². The standard InChI is InChI=1S/C20H21N3O2S2/c1-3-13-23-19(15-27(24,25)18-11-5-4-6-12-18)21-22-20(23)26-14-17-10-8-7-9-16(17)2/h3-12H,1,13-15H2,2H3. The highest BCUT2D eigenvalue weighted by molar-refractivity contribution is 7.98. The molecule has 0 aliphatic rings. The highest BCUT2D eigenvalue weighted by Gasteiger charge is 2.21. The summed E-state index contributed by atoms with van der Waals surface area (Å²) in [5.74, 6) is 0.974. The van der Waals surface area contributed by atoms with Gasteiger partial charge in [-0.1, -0.05) is 60.3 Å². The van der Waals surface area contributed by atoms with Gasteiger partial charge < -0.3 is 4.57 Å². The molecule has 0 unspecified atom stereocenters. The lowest BCUT2D eigenvalue weighted by molar-refractivity contribution is 0.590. The predicted octanol–water partition coefficient (Wildman–Crippen LogP) is 4.04. The number of allylic oxidation sites excluding steroid dienone is 1. The van der Waals surface area contributed by atoms with E-state index in [0.717, 1.165) is 5.75 Å². The molecule has 0 amide bonds. The topological polar surface area (TPSA) is 64.8 Å². The van der Waals surface area contributed by atoms with Gasteiger partial charge in [0.1, 0.15) is 11.6 Å². The Kier molecular flexibility index (Phi) is 6.13. The zero-order valence-electron chi connectivity index (χ0n) is 15.1. The summed E-state index contributed by atoms with van der Waals surface area (Å²) in [4.78, 5) is 0.285. The van der Waals surface area contributed by atoms with Crippen LogP contribution in [0.3, 0.4) is 0 Å². The van der Waals surface area contributed by atoms with Gasteiger partial charge in [-0.2, -0.15) is 0 Å². The van der Waals surface area contributed by atoms with Gasteiger partial charge in [0.05, 0.1) is 4.90 Å². The van der Waals surface area contributed by atoms with Crippen molar-refractivity contribution in [3.05, 3.63) is 84.2 Å². The maximum absolute atomic E-state index is 12.7. The predicted molar refractivity (Wildman–Crippen MR) is 108 cm³/mol. The van der Waals surface area contributed by atoms with Crippen LogP contribution in [0.1, 0.15) is 17.0 Å². The second-order valence-corrected chi connectivity index (χ2v) is 9.02. The molecule has 1 heterocycles. The summed E-state index contributed by atoms with van der Waals surface area (Å²) in [5, 5.41) is 9.06. The fourth-order valence-electron chi connectivity index (χ4n) is 2.64. The number of hydrogen-bond donors (Lipinski definition) is 0. The van der Waals surface area contributed by atoms with E-state index in [4.69, 9.17) is 0 Å². The molecule has 0 aliphatic heterocycles. The van der Waals surface area contributed by atoms with Crippen LogP contribution < -0.4 is 0 Å². The number of hydrogen-bond acceptors (Lipinski definition) is 5. The van der Waals surface area contributed by atoms with Gasteiger partial charge in [0.2, 0.25) is 0 Å². The molecule has 0 spiro atoms. The second kappa shape index (κ2) is 8.54. The summed E-state index contributed by atoms with van der Waals surface area (Å²) in [7, 11) is -3.48. The summed E-state index contributed by atoms with van der Waals surface area (Å²) in [6.45, 7) is 6.30. The van der Waals surface area contributed by atoms with Crippen molar-refractivity contribution in [2.75, 3.05) is 0 Å². The molecule has 0 fully saturated rings. The first-order valence-electron chi connectivity index (χ1n) is 8.49. The van der Waals surface area contributed by atoms with Gasteiger partial charge in [0.15, 0.2) is 15.0 Å². The van der Waals surface area contributed by atoms with Crippen molar-refractivity contribution in [3.63, 3.8) is 0 Å². The maximum atomic E-state index is 12.7. The molecule has 3 rings (SSSR count). The van der Waals surface area contributed by atoms with E-state index in [-0.39, 0.29) is 10.6 Å². The minimum Gasteiger partial charge on any atom is -0.301 e. The molecule has 0 bridgehead atoms. The van der Waals surface area contributed by atoms with Crippen molar-refractivity contribution >= 4 is 21.6 Å². The second-order valence-electron chi connectivity index (χ2n) is 6.09. The summed E-state index contributed by atoms with van der Waals surface area (Å²) in [6, 6.07) is 16.6. The zero-order valence-corrected chi connectivity index (χ0v) is 16.7. The number of nitrogens with zero attached hydrogens (tertiary/aromatic N) is 3. The summed E-state index contributed by atoms with van der Waals surface area (Å²) in [6.07, 6.45) is 1.72. The molecule has 0 atom stereocenters. The van der Waals surface area contributed by atoms with E-state index >= 15 is 0 Å². The first-order chi connectivity index (χ1) is 13.0. The monoisotopic (exact) mass is 399 g/mol. The van der Waals surface area contributed by atoms with E-state index in [1.807, 2.05) is 16.7 Å². The Balaban J connectivity index is 1.83. The number of thioether (sulfide) groups is 1. The SMILES string of the molecule is C=CCn1c(CS(=O)(=O)c2ccccc2)nnc1SCc1ccccc1C. The largest absolute Gasteiger partial charge is 0.301 e. The quantitative estimate of drug-likeness (QED) is 0.422. The zero-order chi connectivity index (χ0) is 19.3. The number of rotatable bonds is 8. The van der Waals surface area contributed by atoms with Gasteiger partial charge in [0.25, 0.3) is 0 Å². The van der Waals surface area contributed by atoms with Gasteiger partial charge in [-0.05, 0) is 30.2 Å². The van der Waals surface area contributed by atoms with Crippen LogP contribution in [0, 0.1) is 6.92 Å². The van der Waals surface area contributed by atoms with Crippen molar-refractivity contribution in [1.29, 1.82) is 0 Å². The highest BCUT2D eigenvalue weighted by Crippen LogP contribution is 2.25. The van der Waals surface area contributed by atoms with Gasteiger partial charge in [-0.15, -0.1) is 16.8 Å². The minimum absolute atomic E-state index is 0.192. The van der Waals surface area contributed by atoms with Gasteiger partial charge >= 0.3 is 0 Å². The van der Waals surface area contributed by atoms with Crippen LogP contribution in [0.2, 0.25) is 0 Å². The first kappa shape index (κ1) is 19.4. The third-order valence-electron chi connectivity index (χ3n) is 4.14. The van der Waals surface area contributed by atoms with E-state index in [0.29, 0.717) is 17.5 Å². The fraction of sp³-hybridized carbons (Fsp3) is 0.200. The van der Waals surface area contributed by atoms with E-state index in [9.17, 15) is 8.42 Å². The molecule has 7 heteroatoms. The van der Waals surface area contributed by atoms with Crippen LogP contribution in [0.15, 0.2) is 77.3 Å². The molecule has 2 aromatic carbocycles. The third kappa shape index (κ3) is 4.67. The Labute approximate surface area is 164 Å².